The van der Waals surface area contributed by atoms with Crippen molar-refractivity contribution in [1.82, 2.24) is 5.32 Å². The lowest BCUT2D eigenvalue weighted by molar-refractivity contribution is -0.182. The second kappa shape index (κ2) is 6.77. The van der Waals surface area contributed by atoms with Gasteiger partial charge in [0.1, 0.15) is 0 Å². The molecule has 1 heterocycles. The number of nitrogens with one attached hydrogen (secondary N) is 1. The molecular formula is C18H30BNO4. The largest absolute Gasteiger partial charge is 0.494 e. The summed E-state index contributed by atoms with van der Waals surface area (Å²) in [6.07, 6.45) is -1.01. The Labute approximate surface area is 145 Å². The van der Waals surface area contributed by atoms with Gasteiger partial charge in [0.15, 0.2) is 0 Å². The summed E-state index contributed by atoms with van der Waals surface area (Å²) in [6, 6.07) is 7.98. The van der Waals surface area contributed by atoms with Gasteiger partial charge in [0, 0.05) is 6.54 Å². The minimum Gasteiger partial charge on any atom is -0.399 e. The molecule has 0 radical (unpaired) electrons. The second-order valence-electron chi connectivity index (χ2n) is 8.30. The molecule has 134 valence electrons. The van der Waals surface area contributed by atoms with E-state index in [2.05, 4.69) is 5.32 Å². The fourth-order valence-corrected chi connectivity index (χ4v) is 2.41. The molecule has 1 unspecified atom stereocenters. The van der Waals surface area contributed by atoms with Crippen molar-refractivity contribution in [2.24, 2.45) is 0 Å². The maximum atomic E-state index is 9.88. The van der Waals surface area contributed by atoms with Crippen molar-refractivity contribution < 1.29 is 19.2 Å². The summed E-state index contributed by atoms with van der Waals surface area (Å²) >= 11 is 0. The predicted molar refractivity (Wildman–Crippen MR) is 95.8 cm³/mol. The summed E-state index contributed by atoms with van der Waals surface area (Å²) in [6.45, 7) is 14.4. The van der Waals surface area contributed by atoms with Crippen LogP contribution in [0, 0.1) is 0 Å². The zero-order chi connectivity index (χ0) is 18.2. The van der Waals surface area contributed by atoms with E-state index in [1.165, 1.54) is 0 Å². The van der Waals surface area contributed by atoms with Crippen molar-refractivity contribution in [3.63, 3.8) is 0 Å². The number of aliphatic hydroxyl groups excluding tert-OH is 1. The topological polar surface area (TPSA) is 60.0 Å². The smallest absolute Gasteiger partial charge is 0.399 e. The summed E-state index contributed by atoms with van der Waals surface area (Å²) in [4.78, 5) is 0. The molecule has 1 atom stereocenters. The van der Waals surface area contributed by atoms with Gasteiger partial charge in [0.05, 0.1) is 16.8 Å². The molecule has 6 heteroatoms. The lowest BCUT2D eigenvalue weighted by atomic mass is 9.78. The molecular weight excluding hydrogens is 305 g/mol. The van der Waals surface area contributed by atoms with Gasteiger partial charge in [0.25, 0.3) is 0 Å². The number of aliphatic hydroxyl groups is 1. The van der Waals surface area contributed by atoms with Gasteiger partial charge in [-0.25, -0.2) is 0 Å². The second-order valence-corrected chi connectivity index (χ2v) is 8.30. The monoisotopic (exact) mass is 335 g/mol. The van der Waals surface area contributed by atoms with E-state index >= 15 is 0 Å². The minimum atomic E-state index is -1.01. The van der Waals surface area contributed by atoms with E-state index in [9.17, 15) is 5.11 Å². The fraction of sp³-hybridized carbons (Fsp3) is 0.667. The highest BCUT2D eigenvalue weighted by molar-refractivity contribution is 6.62. The first-order valence-corrected chi connectivity index (χ1v) is 8.43. The van der Waals surface area contributed by atoms with Crippen LogP contribution in [0.5, 0.6) is 0 Å². The zero-order valence-electron chi connectivity index (χ0n) is 15.8. The van der Waals surface area contributed by atoms with Crippen LogP contribution in [0.4, 0.5) is 0 Å². The van der Waals surface area contributed by atoms with Crippen LogP contribution in [-0.4, -0.2) is 35.4 Å². The number of hydrogen-bond acceptors (Lipinski definition) is 5. The lowest BCUT2D eigenvalue weighted by Gasteiger charge is -2.32. The van der Waals surface area contributed by atoms with Crippen LogP contribution in [0.25, 0.3) is 0 Å². The van der Waals surface area contributed by atoms with Gasteiger partial charge in [-0.3, -0.25) is 5.32 Å². The van der Waals surface area contributed by atoms with Crippen LogP contribution in [-0.2, 0) is 20.6 Å². The van der Waals surface area contributed by atoms with Crippen molar-refractivity contribution in [2.75, 3.05) is 0 Å². The highest BCUT2D eigenvalue weighted by atomic mass is 16.7. The quantitative estimate of drug-likeness (QED) is 0.638. The molecule has 1 aliphatic heterocycles. The van der Waals surface area contributed by atoms with Crippen LogP contribution in [0.1, 0.15) is 54.0 Å². The van der Waals surface area contributed by atoms with E-state index in [1.54, 1.807) is 0 Å². The fourth-order valence-electron chi connectivity index (χ4n) is 2.41. The Bertz CT molecular complexity index is 552. The Kier molecular flexibility index (Phi) is 5.47. The van der Waals surface area contributed by atoms with Crippen molar-refractivity contribution in [1.29, 1.82) is 0 Å². The first-order chi connectivity index (χ1) is 10.9. The van der Waals surface area contributed by atoms with Crippen molar-refractivity contribution in [3.8, 4) is 0 Å². The van der Waals surface area contributed by atoms with Crippen LogP contribution >= 0.6 is 0 Å². The van der Waals surface area contributed by atoms with Crippen LogP contribution in [0.2, 0.25) is 0 Å². The number of benzene rings is 1. The molecule has 1 aromatic rings. The molecule has 1 aromatic carbocycles. The van der Waals surface area contributed by atoms with Gasteiger partial charge >= 0.3 is 7.12 Å². The summed E-state index contributed by atoms with van der Waals surface area (Å²) in [7, 11) is -0.384. The van der Waals surface area contributed by atoms with Gasteiger partial charge in [0.2, 0.25) is 6.41 Å². The Hall–Kier alpha value is -0.915. The molecule has 2 N–H and O–H groups in total. The van der Waals surface area contributed by atoms with Gasteiger partial charge in [-0.2, -0.15) is 0 Å². The van der Waals surface area contributed by atoms with E-state index in [-0.39, 0.29) is 18.3 Å². The first-order valence-electron chi connectivity index (χ1n) is 8.43. The molecule has 1 saturated heterocycles. The summed E-state index contributed by atoms with van der Waals surface area (Å²) in [5.41, 5.74) is 0.875. The third kappa shape index (κ3) is 4.80. The average molecular weight is 335 g/mol. The standard InChI is InChI=1S/C18H30BNO4/c1-16(2,3)22-15(21)20-12-13-9-8-10-14(11-13)19-23-17(4,5)18(6,7)24-19/h8-11,15,20-21H,12H2,1-7H3. The van der Waals surface area contributed by atoms with E-state index < -0.39 is 12.0 Å². The maximum absolute atomic E-state index is 9.88. The van der Waals surface area contributed by atoms with E-state index in [1.807, 2.05) is 72.7 Å². The Morgan fingerprint density at radius 2 is 1.75 bits per heavy atom. The Morgan fingerprint density at radius 1 is 1.17 bits per heavy atom. The third-order valence-electron chi connectivity index (χ3n) is 4.42. The van der Waals surface area contributed by atoms with E-state index in [4.69, 9.17) is 14.0 Å². The minimum absolute atomic E-state index is 0.358. The summed E-state index contributed by atoms with van der Waals surface area (Å²) in [5.74, 6) is 0. The van der Waals surface area contributed by atoms with E-state index in [0.717, 1.165) is 11.0 Å². The van der Waals surface area contributed by atoms with Crippen molar-refractivity contribution in [2.45, 2.75) is 78.2 Å². The molecule has 0 bridgehead atoms. The number of ether oxygens (including phenoxy) is 1. The lowest BCUT2D eigenvalue weighted by Crippen LogP contribution is -2.41. The summed E-state index contributed by atoms with van der Waals surface area (Å²) < 4.78 is 17.6. The Balaban J connectivity index is 2.00. The third-order valence-corrected chi connectivity index (χ3v) is 4.42. The van der Waals surface area contributed by atoms with Crippen LogP contribution in [0.3, 0.4) is 0 Å². The molecule has 2 rings (SSSR count). The molecule has 0 saturated carbocycles. The number of rotatable bonds is 5. The van der Waals surface area contributed by atoms with Crippen LogP contribution < -0.4 is 10.8 Å². The SMILES string of the molecule is CC(C)(C)OC(O)NCc1cccc(B2OC(C)(C)C(C)(C)O2)c1. The molecule has 0 aliphatic carbocycles. The van der Waals surface area contributed by atoms with Crippen molar-refractivity contribution >= 4 is 12.6 Å². The van der Waals surface area contributed by atoms with E-state index in [0.29, 0.717) is 6.54 Å². The molecule has 5 nitrogen and oxygen atoms in total. The van der Waals surface area contributed by atoms with Gasteiger partial charge in [-0.1, -0.05) is 24.3 Å². The normalized spacial score (nSPS) is 21.1. The zero-order valence-corrected chi connectivity index (χ0v) is 15.8. The highest BCUT2D eigenvalue weighted by Gasteiger charge is 2.51. The Morgan fingerprint density at radius 3 is 2.29 bits per heavy atom. The molecule has 0 aromatic heterocycles. The van der Waals surface area contributed by atoms with Gasteiger partial charge in [-0.15, -0.1) is 0 Å². The highest BCUT2D eigenvalue weighted by Crippen LogP contribution is 2.36. The average Bonchev–Trinajstić information content (AvgIpc) is 2.64. The first kappa shape index (κ1) is 19.4. The maximum Gasteiger partial charge on any atom is 0.494 e. The molecule has 1 aliphatic rings. The number of hydrogen-bond donors (Lipinski definition) is 2. The summed E-state index contributed by atoms with van der Waals surface area (Å²) in [5, 5.41) is 12.8. The van der Waals surface area contributed by atoms with Gasteiger partial charge in [-0.05, 0) is 59.5 Å². The van der Waals surface area contributed by atoms with Crippen LogP contribution in [0.15, 0.2) is 24.3 Å². The molecule has 24 heavy (non-hydrogen) atoms. The predicted octanol–water partition coefficient (Wildman–Crippen LogP) is 2.17. The van der Waals surface area contributed by atoms with Crippen molar-refractivity contribution in [3.05, 3.63) is 29.8 Å². The molecule has 0 amide bonds. The van der Waals surface area contributed by atoms with Gasteiger partial charge < -0.3 is 19.2 Å². The molecule has 0 spiro atoms. The molecule has 1 fully saturated rings.